The fourth-order valence-corrected chi connectivity index (χ4v) is 4.19. The van der Waals surface area contributed by atoms with Crippen LogP contribution in [0.15, 0.2) is 24.3 Å². The Labute approximate surface area is 141 Å². The van der Waals surface area contributed by atoms with Gasteiger partial charge in [-0.25, -0.2) is 0 Å². The fraction of sp³-hybridized carbons (Fsp3) is 0.579. The zero-order valence-electron chi connectivity index (χ0n) is 13.8. The molecule has 1 atom stereocenters. The fourth-order valence-electron chi connectivity index (χ4n) is 4.19. The maximum atomic E-state index is 12.0. The first-order valence-electron chi connectivity index (χ1n) is 8.87. The highest BCUT2D eigenvalue weighted by Gasteiger charge is 2.40. The predicted molar refractivity (Wildman–Crippen MR) is 87.4 cm³/mol. The van der Waals surface area contributed by atoms with Gasteiger partial charge in [-0.1, -0.05) is 24.3 Å². The highest BCUT2D eigenvalue weighted by Crippen LogP contribution is 2.42. The minimum atomic E-state index is -0.316. The summed E-state index contributed by atoms with van der Waals surface area (Å²) in [6.45, 7) is 1.43. The molecule has 0 radical (unpaired) electrons. The molecule has 1 saturated carbocycles. The van der Waals surface area contributed by atoms with Crippen LogP contribution >= 0.6 is 0 Å². The highest BCUT2D eigenvalue weighted by atomic mass is 16.7. The van der Waals surface area contributed by atoms with Crippen molar-refractivity contribution in [1.29, 1.82) is 0 Å². The number of nitrogens with one attached hydrogen (secondary N) is 1. The van der Waals surface area contributed by atoms with Gasteiger partial charge in [0.25, 0.3) is 0 Å². The van der Waals surface area contributed by atoms with Crippen molar-refractivity contribution in [3.63, 3.8) is 0 Å². The first kappa shape index (κ1) is 15.8. The van der Waals surface area contributed by atoms with Gasteiger partial charge >= 0.3 is 0 Å². The van der Waals surface area contributed by atoms with Gasteiger partial charge in [0.1, 0.15) is 0 Å². The molecule has 1 aliphatic carbocycles. The Bertz CT molecular complexity index is 623. The number of imide groups is 1. The van der Waals surface area contributed by atoms with E-state index in [0.717, 1.165) is 31.2 Å². The van der Waals surface area contributed by atoms with Crippen LogP contribution in [0.25, 0.3) is 0 Å². The molecule has 1 spiro atoms. The number of carbonyl (C=O) groups excluding carboxylic acids is 2. The van der Waals surface area contributed by atoms with Crippen molar-refractivity contribution in [2.24, 2.45) is 0 Å². The number of ether oxygens (including phenoxy) is 2. The Hall–Kier alpha value is -1.72. The van der Waals surface area contributed by atoms with Crippen molar-refractivity contribution in [3.8, 4) is 0 Å². The van der Waals surface area contributed by atoms with E-state index in [-0.39, 0.29) is 23.5 Å². The predicted octanol–water partition coefficient (Wildman–Crippen LogP) is 2.61. The van der Waals surface area contributed by atoms with E-state index in [9.17, 15) is 9.59 Å². The third kappa shape index (κ3) is 2.98. The molecule has 3 fully saturated rings. The molecule has 2 heterocycles. The van der Waals surface area contributed by atoms with Crippen LogP contribution in [0.2, 0.25) is 0 Å². The molecule has 1 aromatic carbocycles. The number of hydrogen-bond acceptors (Lipinski definition) is 4. The molecular weight excluding hydrogens is 306 g/mol. The second-order valence-electron chi connectivity index (χ2n) is 7.05. The molecule has 3 aliphatic rings. The summed E-state index contributed by atoms with van der Waals surface area (Å²) in [5, 5.41) is 2.43. The summed E-state index contributed by atoms with van der Waals surface area (Å²) in [5.74, 6) is -0.330. The quantitative estimate of drug-likeness (QED) is 0.847. The van der Waals surface area contributed by atoms with E-state index < -0.39 is 0 Å². The van der Waals surface area contributed by atoms with Crippen LogP contribution in [0.1, 0.15) is 61.5 Å². The van der Waals surface area contributed by atoms with Gasteiger partial charge in [0.05, 0.1) is 19.1 Å². The van der Waals surface area contributed by atoms with Gasteiger partial charge in [-0.3, -0.25) is 14.9 Å². The summed E-state index contributed by atoms with van der Waals surface area (Å²) in [6, 6.07) is 8.36. The molecule has 24 heavy (non-hydrogen) atoms. The molecule has 1 aromatic rings. The molecule has 0 aromatic heterocycles. The van der Waals surface area contributed by atoms with Crippen molar-refractivity contribution in [2.45, 2.75) is 56.1 Å². The van der Waals surface area contributed by atoms with Gasteiger partial charge in [0.15, 0.2) is 5.79 Å². The van der Waals surface area contributed by atoms with E-state index in [0.29, 0.717) is 32.0 Å². The molecule has 2 amide bonds. The average molecular weight is 329 g/mol. The molecule has 1 unspecified atom stereocenters. The minimum absolute atomic E-state index is 0.166. The molecule has 5 heteroatoms. The Kier molecular flexibility index (Phi) is 4.14. The highest BCUT2D eigenvalue weighted by molar-refractivity contribution is 6.00. The monoisotopic (exact) mass is 329 g/mol. The summed E-state index contributed by atoms with van der Waals surface area (Å²) in [6.07, 6.45) is 5.06. The number of benzene rings is 1. The first-order valence-corrected chi connectivity index (χ1v) is 8.87. The SMILES string of the molecule is O=C1CCC(c2ccc(C3CCC4(CC3)OCCO4)cc2)C(=O)N1. The minimum Gasteiger partial charge on any atom is -0.348 e. The van der Waals surface area contributed by atoms with E-state index >= 15 is 0 Å². The Morgan fingerprint density at radius 1 is 0.917 bits per heavy atom. The molecule has 4 rings (SSSR count). The largest absolute Gasteiger partial charge is 0.348 e. The van der Waals surface area contributed by atoms with Crippen LogP contribution < -0.4 is 5.32 Å². The van der Waals surface area contributed by atoms with Crippen molar-refractivity contribution < 1.29 is 19.1 Å². The number of hydrogen-bond donors (Lipinski definition) is 1. The van der Waals surface area contributed by atoms with Crippen LogP contribution in [-0.4, -0.2) is 30.8 Å². The summed E-state index contributed by atoms with van der Waals surface area (Å²) in [7, 11) is 0. The zero-order valence-corrected chi connectivity index (χ0v) is 13.8. The third-order valence-electron chi connectivity index (χ3n) is 5.61. The molecule has 0 bridgehead atoms. The molecule has 128 valence electrons. The van der Waals surface area contributed by atoms with Crippen LogP contribution in [0.4, 0.5) is 0 Å². The third-order valence-corrected chi connectivity index (χ3v) is 5.61. The Morgan fingerprint density at radius 3 is 2.17 bits per heavy atom. The van der Waals surface area contributed by atoms with E-state index in [2.05, 4.69) is 17.4 Å². The lowest BCUT2D eigenvalue weighted by atomic mass is 9.80. The second-order valence-corrected chi connectivity index (χ2v) is 7.05. The Balaban J connectivity index is 1.41. The van der Waals surface area contributed by atoms with Gasteiger partial charge in [-0.15, -0.1) is 0 Å². The summed E-state index contributed by atoms with van der Waals surface area (Å²) in [5.41, 5.74) is 2.32. The smallest absolute Gasteiger partial charge is 0.234 e. The lowest BCUT2D eigenvalue weighted by Gasteiger charge is -2.35. The van der Waals surface area contributed by atoms with Gasteiger partial charge in [-0.2, -0.15) is 0 Å². The van der Waals surface area contributed by atoms with Crippen molar-refractivity contribution in [2.75, 3.05) is 13.2 Å². The van der Waals surface area contributed by atoms with Crippen LogP contribution in [0.5, 0.6) is 0 Å². The normalized spacial score (nSPS) is 27.4. The topological polar surface area (TPSA) is 64.6 Å². The van der Waals surface area contributed by atoms with E-state index in [1.807, 2.05) is 12.1 Å². The number of rotatable bonds is 2. The van der Waals surface area contributed by atoms with Crippen LogP contribution in [0, 0.1) is 0 Å². The second kappa shape index (κ2) is 6.30. The van der Waals surface area contributed by atoms with Gasteiger partial charge in [0, 0.05) is 19.3 Å². The van der Waals surface area contributed by atoms with Crippen LogP contribution in [0.3, 0.4) is 0 Å². The van der Waals surface area contributed by atoms with Crippen molar-refractivity contribution in [1.82, 2.24) is 5.32 Å². The lowest BCUT2D eigenvalue weighted by molar-refractivity contribution is -0.178. The average Bonchev–Trinajstić information content (AvgIpc) is 3.04. The summed E-state index contributed by atoms with van der Waals surface area (Å²) < 4.78 is 11.6. The van der Waals surface area contributed by atoms with Gasteiger partial charge in [-0.05, 0) is 36.3 Å². The van der Waals surface area contributed by atoms with Crippen LogP contribution in [-0.2, 0) is 19.1 Å². The van der Waals surface area contributed by atoms with E-state index in [4.69, 9.17) is 9.47 Å². The maximum absolute atomic E-state index is 12.0. The number of piperidine rings is 1. The van der Waals surface area contributed by atoms with Gasteiger partial charge < -0.3 is 9.47 Å². The zero-order chi connectivity index (χ0) is 16.6. The standard InChI is InChI=1S/C19H23NO4/c21-17-6-5-16(18(22)20-17)15-3-1-13(2-4-15)14-7-9-19(10-8-14)23-11-12-24-19/h1-4,14,16H,5-12H2,(H,20,21,22). The first-order chi connectivity index (χ1) is 11.7. The summed E-state index contributed by atoms with van der Waals surface area (Å²) in [4.78, 5) is 23.2. The number of amides is 2. The summed E-state index contributed by atoms with van der Waals surface area (Å²) >= 11 is 0. The molecule has 5 nitrogen and oxygen atoms in total. The van der Waals surface area contributed by atoms with Crippen molar-refractivity contribution >= 4 is 11.8 Å². The maximum Gasteiger partial charge on any atom is 0.234 e. The molecule has 2 aliphatic heterocycles. The van der Waals surface area contributed by atoms with Gasteiger partial charge in [0.2, 0.25) is 11.8 Å². The molecule has 2 saturated heterocycles. The molecular formula is C19H23NO4. The van der Waals surface area contributed by atoms with E-state index in [1.54, 1.807) is 0 Å². The van der Waals surface area contributed by atoms with E-state index in [1.165, 1.54) is 5.56 Å². The number of carbonyl (C=O) groups is 2. The molecule has 1 N–H and O–H groups in total. The van der Waals surface area contributed by atoms with Crippen molar-refractivity contribution in [3.05, 3.63) is 35.4 Å². The lowest BCUT2D eigenvalue weighted by Crippen LogP contribution is -2.39. The Morgan fingerprint density at radius 2 is 1.54 bits per heavy atom.